The topological polar surface area (TPSA) is 124 Å². The van der Waals surface area contributed by atoms with Crippen LogP contribution in [0.15, 0.2) is 78.9 Å². The Hall–Kier alpha value is -5.12. The lowest BCUT2D eigenvalue weighted by molar-refractivity contribution is -0.141. The number of esters is 4. The van der Waals surface area contributed by atoms with Crippen LogP contribution in [0.1, 0.15) is 78.1 Å². The van der Waals surface area contributed by atoms with Crippen molar-refractivity contribution in [3.63, 3.8) is 0 Å². The van der Waals surface area contributed by atoms with Crippen LogP contribution in [0.25, 0.3) is 0 Å². The van der Waals surface area contributed by atoms with Crippen molar-refractivity contribution in [2.45, 2.75) is 58.8 Å². The van der Waals surface area contributed by atoms with E-state index in [0.717, 1.165) is 25.7 Å². The number of carbonyl (C=O) groups is 4. The number of aryl methyl sites for hydroxylation is 1. The Morgan fingerprint density at radius 3 is 1.71 bits per heavy atom. The molecule has 0 saturated heterocycles. The first-order chi connectivity index (χ1) is 23.3. The van der Waals surface area contributed by atoms with E-state index in [1.165, 1.54) is 19.4 Å². The number of rotatable bonds is 18. The normalized spacial score (nSPS) is 12.5. The molecule has 10 heteroatoms. The molecule has 1 saturated carbocycles. The molecule has 0 aromatic heterocycles. The fourth-order valence-corrected chi connectivity index (χ4v) is 4.57. The number of carbonyl (C=O) groups excluding carboxylic acids is 4. The van der Waals surface area contributed by atoms with Gasteiger partial charge in [0, 0.05) is 13.0 Å². The summed E-state index contributed by atoms with van der Waals surface area (Å²) in [6.07, 6.45) is 9.84. The van der Waals surface area contributed by atoms with E-state index in [1.807, 2.05) is 6.08 Å². The van der Waals surface area contributed by atoms with Gasteiger partial charge in [-0.3, -0.25) is 4.79 Å². The van der Waals surface area contributed by atoms with Crippen LogP contribution in [0.5, 0.6) is 23.0 Å². The average Bonchev–Trinajstić information content (AvgIpc) is 3.05. The van der Waals surface area contributed by atoms with Crippen LogP contribution in [0.3, 0.4) is 0 Å². The Labute approximate surface area is 280 Å². The Morgan fingerprint density at radius 2 is 1.19 bits per heavy atom. The zero-order valence-electron chi connectivity index (χ0n) is 27.4. The smallest absolute Gasteiger partial charge is 0.343 e. The van der Waals surface area contributed by atoms with Gasteiger partial charge in [-0.15, -0.1) is 0 Å². The second-order valence-corrected chi connectivity index (χ2v) is 11.4. The maximum atomic E-state index is 12.8. The van der Waals surface area contributed by atoms with E-state index in [9.17, 15) is 19.2 Å². The summed E-state index contributed by atoms with van der Waals surface area (Å²) in [5.74, 6) is 0.736. The van der Waals surface area contributed by atoms with Crippen molar-refractivity contribution in [2.24, 2.45) is 5.92 Å². The van der Waals surface area contributed by atoms with Crippen LogP contribution in [0, 0.1) is 12.8 Å². The number of allylic oxidation sites excluding steroid dienone is 1. The SMILES string of the molecule is CC(=O)OCCCCOc1ccc(C(=O)Oc2ccc(OC(=O)c3ccc(OCCCCOC(=O)/C=C/C4CCC4)cc3)c(C)c2)cc1. The lowest BCUT2D eigenvalue weighted by Gasteiger charge is -2.20. The molecule has 3 aromatic rings. The van der Waals surface area contributed by atoms with Gasteiger partial charge in [0.05, 0.1) is 37.6 Å². The van der Waals surface area contributed by atoms with Gasteiger partial charge in [0.15, 0.2) is 0 Å². The molecule has 0 radical (unpaired) electrons. The third-order valence-corrected chi connectivity index (χ3v) is 7.56. The number of hydrogen-bond donors (Lipinski definition) is 0. The summed E-state index contributed by atoms with van der Waals surface area (Å²) in [5, 5.41) is 0. The van der Waals surface area contributed by atoms with E-state index in [1.54, 1.807) is 73.7 Å². The van der Waals surface area contributed by atoms with Crippen molar-refractivity contribution >= 4 is 23.9 Å². The third kappa shape index (κ3) is 12.2. The Kier molecular flexibility index (Phi) is 14.1. The highest BCUT2D eigenvalue weighted by Gasteiger charge is 2.15. The second-order valence-electron chi connectivity index (χ2n) is 11.4. The molecule has 48 heavy (non-hydrogen) atoms. The lowest BCUT2D eigenvalue weighted by atomic mass is 9.85. The summed E-state index contributed by atoms with van der Waals surface area (Å²) in [6.45, 7) is 4.75. The highest BCUT2D eigenvalue weighted by Crippen LogP contribution is 2.27. The molecule has 0 aliphatic heterocycles. The van der Waals surface area contributed by atoms with Gasteiger partial charge in [-0.05, 0) is 124 Å². The first-order valence-electron chi connectivity index (χ1n) is 16.3. The molecule has 0 amide bonds. The number of benzene rings is 3. The Bertz CT molecular complexity index is 1540. The first kappa shape index (κ1) is 35.7. The number of unbranched alkanes of at least 4 members (excludes halogenated alkanes) is 2. The maximum absolute atomic E-state index is 12.8. The molecule has 3 aromatic carbocycles. The van der Waals surface area contributed by atoms with Gasteiger partial charge in [-0.1, -0.05) is 12.5 Å². The molecule has 0 bridgehead atoms. The summed E-state index contributed by atoms with van der Waals surface area (Å²) in [4.78, 5) is 47.9. The fraction of sp³-hybridized carbons (Fsp3) is 0.368. The summed E-state index contributed by atoms with van der Waals surface area (Å²) in [6, 6.07) is 18.0. The Balaban J connectivity index is 1.14. The van der Waals surface area contributed by atoms with Crippen molar-refractivity contribution in [1.29, 1.82) is 0 Å². The number of ether oxygens (including phenoxy) is 6. The second kappa shape index (κ2) is 18.9. The minimum Gasteiger partial charge on any atom is -0.494 e. The standard InChI is InChI=1S/C38H42O10/c1-27-26-34(47-37(41)30-11-15-32(16-12-30)44-23-4-3-22-43-28(2)39)19-20-35(27)48-38(42)31-13-17-33(18-14-31)45-24-5-6-25-46-36(40)21-10-29-8-7-9-29/h10-21,26,29H,3-9,22-25H2,1-2H3/b21-10+. The highest BCUT2D eigenvalue weighted by molar-refractivity contribution is 5.92. The summed E-state index contributed by atoms with van der Waals surface area (Å²) >= 11 is 0. The highest BCUT2D eigenvalue weighted by atomic mass is 16.5. The van der Waals surface area contributed by atoms with E-state index in [2.05, 4.69) is 0 Å². The van der Waals surface area contributed by atoms with Crippen LogP contribution in [0.2, 0.25) is 0 Å². The molecule has 0 spiro atoms. The van der Waals surface area contributed by atoms with E-state index in [0.29, 0.717) is 84.9 Å². The van der Waals surface area contributed by atoms with Crippen LogP contribution in [-0.4, -0.2) is 50.3 Å². The predicted molar refractivity (Wildman–Crippen MR) is 178 cm³/mol. The van der Waals surface area contributed by atoms with Gasteiger partial charge in [-0.2, -0.15) is 0 Å². The monoisotopic (exact) mass is 658 g/mol. The Morgan fingerprint density at radius 1 is 0.667 bits per heavy atom. The van der Waals surface area contributed by atoms with Gasteiger partial charge in [0.1, 0.15) is 23.0 Å². The molecule has 10 nitrogen and oxygen atoms in total. The van der Waals surface area contributed by atoms with Gasteiger partial charge in [0.2, 0.25) is 0 Å². The largest absolute Gasteiger partial charge is 0.494 e. The molecular weight excluding hydrogens is 616 g/mol. The molecule has 0 N–H and O–H groups in total. The van der Waals surface area contributed by atoms with Gasteiger partial charge in [-0.25, -0.2) is 14.4 Å². The van der Waals surface area contributed by atoms with Gasteiger partial charge < -0.3 is 28.4 Å². The molecule has 4 rings (SSSR count). The minimum absolute atomic E-state index is 0.299. The van der Waals surface area contributed by atoms with Crippen LogP contribution in [-0.2, 0) is 19.1 Å². The van der Waals surface area contributed by atoms with Crippen molar-refractivity contribution in [1.82, 2.24) is 0 Å². The first-order valence-corrected chi connectivity index (χ1v) is 16.3. The zero-order valence-corrected chi connectivity index (χ0v) is 27.4. The van der Waals surface area contributed by atoms with E-state index < -0.39 is 11.9 Å². The van der Waals surface area contributed by atoms with E-state index >= 15 is 0 Å². The third-order valence-electron chi connectivity index (χ3n) is 7.56. The predicted octanol–water partition coefficient (Wildman–Crippen LogP) is 7.21. The quantitative estimate of drug-likeness (QED) is 0.0599. The molecule has 254 valence electrons. The molecule has 0 atom stereocenters. The maximum Gasteiger partial charge on any atom is 0.343 e. The minimum atomic E-state index is -0.537. The summed E-state index contributed by atoms with van der Waals surface area (Å²) in [5.41, 5.74) is 1.32. The van der Waals surface area contributed by atoms with E-state index in [4.69, 9.17) is 28.4 Å². The van der Waals surface area contributed by atoms with Crippen molar-refractivity contribution in [3.8, 4) is 23.0 Å². The molecular formula is C38H42O10. The molecule has 1 fully saturated rings. The zero-order chi connectivity index (χ0) is 34.1. The molecule has 1 aliphatic carbocycles. The van der Waals surface area contributed by atoms with Crippen LogP contribution in [0.4, 0.5) is 0 Å². The van der Waals surface area contributed by atoms with Crippen LogP contribution < -0.4 is 18.9 Å². The van der Waals surface area contributed by atoms with E-state index in [-0.39, 0.29) is 11.9 Å². The van der Waals surface area contributed by atoms with Gasteiger partial charge >= 0.3 is 23.9 Å². The molecule has 0 heterocycles. The van der Waals surface area contributed by atoms with Crippen LogP contribution >= 0.6 is 0 Å². The van der Waals surface area contributed by atoms with Crippen molar-refractivity contribution in [2.75, 3.05) is 26.4 Å². The van der Waals surface area contributed by atoms with Crippen molar-refractivity contribution in [3.05, 3.63) is 95.6 Å². The molecule has 0 unspecified atom stereocenters. The van der Waals surface area contributed by atoms with Crippen molar-refractivity contribution < 1.29 is 47.6 Å². The lowest BCUT2D eigenvalue weighted by Crippen LogP contribution is -2.11. The summed E-state index contributed by atoms with van der Waals surface area (Å²) in [7, 11) is 0. The average molecular weight is 659 g/mol. The fourth-order valence-electron chi connectivity index (χ4n) is 4.57. The summed E-state index contributed by atoms with van der Waals surface area (Å²) < 4.78 is 32.6. The number of hydrogen-bond acceptors (Lipinski definition) is 10. The van der Waals surface area contributed by atoms with Gasteiger partial charge in [0.25, 0.3) is 0 Å². The molecule has 1 aliphatic rings.